The fourth-order valence-corrected chi connectivity index (χ4v) is 3.34. The Morgan fingerprint density at radius 1 is 1.00 bits per heavy atom. The predicted molar refractivity (Wildman–Crippen MR) is 123 cm³/mol. The highest BCUT2D eigenvalue weighted by molar-refractivity contribution is 6.02. The first-order valence-corrected chi connectivity index (χ1v) is 10.1. The van der Waals surface area contributed by atoms with Gasteiger partial charge in [-0.2, -0.15) is 0 Å². The summed E-state index contributed by atoms with van der Waals surface area (Å²) in [6, 6.07) is 23.2. The molecule has 0 atom stereocenters. The number of nitrogens with one attached hydrogen (secondary N) is 2. The van der Waals surface area contributed by atoms with Crippen LogP contribution in [0.15, 0.2) is 79.0 Å². The lowest BCUT2D eigenvalue weighted by Gasteiger charge is -2.23. The number of anilines is 2. The third kappa shape index (κ3) is 4.35. The summed E-state index contributed by atoms with van der Waals surface area (Å²) in [5, 5.41) is 4.07. The molecule has 0 fully saturated rings. The Balaban J connectivity index is 1.70. The van der Waals surface area contributed by atoms with Gasteiger partial charge in [0.15, 0.2) is 0 Å². The van der Waals surface area contributed by atoms with Crippen molar-refractivity contribution in [3.8, 4) is 0 Å². The van der Waals surface area contributed by atoms with E-state index in [4.69, 9.17) is 0 Å². The Labute approximate surface area is 176 Å². The van der Waals surface area contributed by atoms with Gasteiger partial charge in [0.2, 0.25) is 0 Å². The van der Waals surface area contributed by atoms with Crippen LogP contribution in [0.4, 0.5) is 16.2 Å². The van der Waals surface area contributed by atoms with Crippen molar-refractivity contribution in [1.82, 2.24) is 9.97 Å². The Kier molecular flexibility index (Phi) is 5.27. The number of hydrogen-bond donors (Lipinski definition) is 2. The molecule has 0 aliphatic rings. The van der Waals surface area contributed by atoms with E-state index in [2.05, 4.69) is 48.2 Å². The van der Waals surface area contributed by atoms with E-state index in [1.54, 1.807) is 11.1 Å². The molecule has 2 N–H and O–H groups in total. The van der Waals surface area contributed by atoms with E-state index in [9.17, 15) is 4.79 Å². The quantitative estimate of drug-likeness (QED) is 0.436. The number of rotatable bonds is 4. The summed E-state index contributed by atoms with van der Waals surface area (Å²) < 4.78 is 0. The summed E-state index contributed by atoms with van der Waals surface area (Å²) in [5.74, 6) is 0. The first-order chi connectivity index (χ1) is 14.4. The summed E-state index contributed by atoms with van der Waals surface area (Å²) >= 11 is 0. The van der Waals surface area contributed by atoms with E-state index in [0.29, 0.717) is 6.54 Å². The fraction of sp³-hybridized carbons (Fsp3) is 0.200. The van der Waals surface area contributed by atoms with E-state index < -0.39 is 0 Å². The third-order valence-electron chi connectivity index (χ3n) is 5.04. The smallest absolute Gasteiger partial charge is 0.326 e. The number of carbonyl (C=O) groups is 1. The average molecular weight is 399 g/mol. The zero-order valence-corrected chi connectivity index (χ0v) is 17.5. The zero-order valence-electron chi connectivity index (χ0n) is 17.5. The molecule has 0 saturated heterocycles. The summed E-state index contributed by atoms with van der Waals surface area (Å²) in [5.41, 5.74) is 4.65. The van der Waals surface area contributed by atoms with E-state index in [-0.39, 0.29) is 11.4 Å². The number of para-hydroxylation sites is 1. The molecule has 0 bridgehead atoms. The van der Waals surface area contributed by atoms with Crippen LogP contribution < -0.4 is 10.2 Å². The molecule has 5 nitrogen and oxygen atoms in total. The SMILES string of the molecule is CC(C)(C)c1cc2cc(N(Cc3ccccn3)C(=O)Nc3ccccc3)ccc2[nH]1. The second-order valence-corrected chi connectivity index (χ2v) is 8.41. The molecule has 4 aromatic rings. The Bertz CT molecular complexity index is 1140. The minimum Gasteiger partial charge on any atom is -0.358 e. The Morgan fingerprint density at radius 3 is 2.47 bits per heavy atom. The van der Waals surface area contributed by atoms with Crippen LogP contribution in [0.2, 0.25) is 0 Å². The lowest BCUT2D eigenvalue weighted by Crippen LogP contribution is -2.34. The number of fused-ring (bicyclic) bond motifs is 1. The van der Waals surface area contributed by atoms with Gasteiger partial charge < -0.3 is 10.3 Å². The topological polar surface area (TPSA) is 61.0 Å². The number of benzene rings is 2. The third-order valence-corrected chi connectivity index (χ3v) is 5.04. The molecule has 0 aliphatic carbocycles. The second kappa shape index (κ2) is 8.03. The van der Waals surface area contributed by atoms with Crippen molar-refractivity contribution in [2.24, 2.45) is 0 Å². The molecule has 2 aromatic carbocycles. The van der Waals surface area contributed by atoms with Crippen molar-refractivity contribution in [1.29, 1.82) is 0 Å². The second-order valence-electron chi connectivity index (χ2n) is 8.41. The minimum absolute atomic E-state index is 0.0253. The number of aromatic nitrogens is 2. The highest BCUT2D eigenvalue weighted by atomic mass is 16.2. The normalized spacial score (nSPS) is 11.4. The predicted octanol–water partition coefficient (Wildman–Crippen LogP) is 6.10. The van der Waals surface area contributed by atoms with Gasteiger partial charge in [0.05, 0.1) is 12.2 Å². The van der Waals surface area contributed by atoms with Crippen LogP contribution in [0.5, 0.6) is 0 Å². The van der Waals surface area contributed by atoms with Gasteiger partial charge in [0, 0.05) is 39.6 Å². The standard InChI is InChI=1S/C25H26N4O/c1-25(2,3)23-16-18-15-21(12-13-22(18)28-23)29(17-20-11-7-8-14-26-20)24(30)27-19-9-5-4-6-10-19/h4-16,28H,17H2,1-3H3,(H,27,30). The van der Waals surface area contributed by atoms with Gasteiger partial charge >= 0.3 is 6.03 Å². The molecule has 2 amide bonds. The van der Waals surface area contributed by atoms with Crippen LogP contribution in [0.25, 0.3) is 10.9 Å². The minimum atomic E-state index is -0.196. The van der Waals surface area contributed by atoms with Gasteiger partial charge in [-0.05, 0) is 48.5 Å². The molecule has 152 valence electrons. The number of hydrogen-bond acceptors (Lipinski definition) is 2. The van der Waals surface area contributed by atoms with Crippen molar-refractivity contribution in [2.45, 2.75) is 32.7 Å². The van der Waals surface area contributed by atoms with Crippen molar-refractivity contribution >= 4 is 28.3 Å². The molecule has 2 aromatic heterocycles. The number of H-pyrrole nitrogens is 1. The Morgan fingerprint density at radius 2 is 1.77 bits per heavy atom. The number of carbonyl (C=O) groups excluding carboxylic acids is 1. The van der Waals surface area contributed by atoms with Crippen LogP contribution in [0.1, 0.15) is 32.2 Å². The molecule has 4 rings (SSSR count). The van der Waals surface area contributed by atoms with Gasteiger partial charge in [-0.25, -0.2) is 4.79 Å². The van der Waals surface area contributed by atoms with Gasteiger partial charge in [0.1, 0.15) is 0 Å². The number of urea groups is 1. The lowest BCUT2D eigenvalue weighted by molar-refractivity contribution is 0.256. The molecule has 5 heteroatoms. The summed E-state index contributed by atoms with van der Waals surface area (Å²) in [6.07, 6.45) is 1.74. The zero-order chi connectivity index (χ0) is 21.1. The maximum atomic E-state index is 13.2. The Hall–Kier alpha value is -3.60. The molecule has 0 aliphatic heterocycles. The van der Waals surface area contributed by atoms with E-state index in [1.807, 2.05) is 60.7 Å². The molecule has 2 heterocycles. The monoisotopic (exact) mass is 398 g/mol. The van der Waals surface area contributed by atoms with Crippen molar-refractivity contribution < 1.29 is 4.79 Å². The van der Waals surface area contributed by atoms with Crippen LogP contribution in [-0.2, 0) is 12.0 Å². The summed E-state index contributed by atoms with van der Waals surface area (Å²) in [6.45, 7) is 6.92. The number of amides is 2. The highest BCUT2D eigenvalue weighted by Crippen LogP contribution is 2.29. The van der Waals surface area contributed by atoms with Crippen molar-refractivity contribution in [2.75, 3.05) is 10.2 Å². The lowest BCUT2D eigenvalue weighted by atomic mass is 9.92. The molecule has 0 spiro atoms. The molecular weight excluding hydrogens is 372 g/mol. The molecule has 30 heavy (non-hydrogen) atoms. The molecule has 0 saturated carbocycles. The van der Waals surface area contributed by atoms with Gasteiger partial charge in [-0.15, -0.1) is 0 Å². The van der Waals surface area contributed by atoms with Crippen LogP contribution >= 0.6 is 0 Å². The molecular formula is C25H26N4O. The molecule has 0 unspecified atom stereocenters. The number of nitrogens with zero attached hydrogens (tertiary/aromatic N) is 2. The number of pyridine rings is 1. The van der Waals surface area contributed by atoms with Crippen molar-refractivity contribution in [3.05, 3.63) is 90.4 Å². The van der Waals surface area contributed by atoms with E-state index >= 15 is 0 Å². The van der Waals surface area contributed by atoms with Gasteiger partial charge in [-0.3, -0.25) is 9.88 Å². The summed E-state index contributed by atoms with van der Waals surface area (Å²) in [4.78, 5) is 22.8. The van der Waals surface area contributed by atoms with Gasteiger partial charge in [0.25, 0.3) is 0 Å². The van der Waals surface area contributed by atoms with Gasteiger partial charge in [-0.1, -0.05) is 45.0 Å². The highest BCUT2D eigenvalue weighted by Gasteiger charge is 2.20. The van der Waals surface area contributed by atoms with Crippen LogP contribution in [-0.4, -0.2) is 16.0 Å². The van der Waals surface area contributed by atoms with Crippen LogP contribution in [0, 0.1) is 0 Å². The first-order valence-electron chi connectivity index (χ1n) is 10.1. The molecule has 0 radical (unpaired) electrons. The fourth-order valence-electron chi connectivity index (χ4n) is 3.34. The van der Waals surface area contributed by atoms with E-state index in [1.165, 1.54) is 5.69 Å². The maximum absolute atomic E-state index is 13.2. The number of aromatic amines is 1. The maximum Gasteiger partial charge on any atom is 0.326 e. The summed E-state index contributed by atoms with van der Waals surface area (Å²) in [7, 11) is 0. The first kappa shape index (κ1) is 19.7. The van der Waals surface area contributed by atoms with Crippen molar-refractivity contribution in [3.63, 3.8) is 0 Å². The average Bonchev–Trinajstić information content (AvgIpc) is 3.17. The van der Waals surface area contributed by atoms with Crippen LogP contribution in [0.3, 0.4) is 0 Å². The largest absolute Gasteiger partial charge is 0.358 e. The van der Waals surface area contributed by atoms with E-state index in [0.717, 1.165) is 28.0 Å².